The van der Waals surface area contributed by atoms with Gasteiger partial charge in [0.1, 0.15) is 5.82 Å². The minimum Gasteiger partial charge on any atom is -0.367 e. The average Bonchev–Trinajstić information content (AvgIpc) is 3.14. The van der Waals surface area contributed by atoms with Crippen molar-refractivity contribution in [1.29, 1.82) is 0 Å². The van der Waals surface area contributed by atoms with Gasteiger partial charge in [-0.3, -0.25) is 0 Å². The molecule has 6 nitrogen and oxygen atoms in total. The number of rotatable bonds is 4. The number of anilines is 1. The highest BCUT2D eigenvalue weighted by atomic mass is 19.4. The van der Waals surface area contributed by atoms with Crippen molar-refractivity contribution < 1.29 is 13.2 Å². The lowest BCUT2D eigenvalue weighted by molar-refractivity contribution is -0.146. The fourth-order valence-electron chi connectivity index (χ4n) is 1.97. The summed E-state index contributed by atoms with van der Waals surface area (Å²) in [5.41, 5.74) is 5.97. The first-order valence-electron chi connectivity index (χ1n) is 6.24. The molecule has 9 heteroatoms. The van der Waals surface area contributed by atoms with Crippen LogP contribution in [0.5, 0.6) is 0 Å². The Morgan fingerprint density at radius 3 is 2.75 bits per heavy atom. The molecule has 2 heterocycles. The van der Waals surface area contributed by atoms with Crippen LogP contribution >= 0.6 is 0 Å². The molecule has 2 aromatic rings. The Hall–Kier alpha value is -1.90. The molecule has 1 unspecified atom stereocenters. The second-order valence-corrected chi connectivity index (χ2v) is 4.89. The zero-order valence-corrected chi connectivity index (χ0v) is 10.4. The fourth-order valence-corrected chi connectivity index (χ4v) is 1.97. The summed E-state index contributed by atoms with van der Waals surface area (Å²) >= 11 is 0. The highest BCUT2D eigenvalue weighted by molar-refractivity contribution is 5.44. The van der Waals surface area contributed by atoms with Gasteiger partial charge in [-0.1, -0.05) is 0 Å². The molecule has 1 saturated carbocycles. The van der Waals surface area contributed by atoms with E-state index in [2.05, 4.69) is 20.6 Å². The lowest BCUT2D eigenvalue weighted by atomic mass is 10.2. The molecule has 0 aliphatic heterocycles. The average molecular weight is 286 g/mol. The van der Waals surface area contributed by atoms with Crippen LogP contribution in [0, 0.1) is 5.92 Å². The van der Waals surface area contributed by atoms with Crippen LogP contribution in [0.15, 0.2) is 12.1 Å². The summed E-state index contributed by atoms with van der Waals surface area (Å²) in [7, 11) is 0. The van der Waals surface area contributed by atoms with Gasteiger partial charge in [0.25, 0.3) is 5.82 Å². The molecule has 3 N–H and O–H groups in total. The first-order valence-corrected chi connectivity index (χ1v) is 6.24. The van der Waals surface area contributed by atoms with E-state index in [-0.39, 0.29) is 11.7 Å². The van der Waals surface area contributed by atoms with E-state index in [1.807, 2.05) is 0 Å². The molecule has 0 bridgehead atoms. The molecule has 1 aliphatic rings. The van der Waals surface area contributed by atoms with Crippen LogP contribution in [0.3, 0.4) is 0 Å². The van der Waals surface area contributed by atoms with E-state index in [0.29, 0.717) is 22.8 Å². The molecular weight excluding hydrogens is 273 g/mol. The van der Waals surface area contributed by atoms with Gasteiger partial charge in [-0.25, -0.2) is 0 Å². The molecule has 0 radical (unpaired) electrons. The van der Waals surface area contributed by atoms with Crippen LogP contribution in [-0.2, 0) is 6.18 Å². The minimum atomic E-state index is -4.59. The van der Waals surface area contributed by atoms with Crippen LogP contribution in [-0.4, -0.2) is 32.4 Å². The van der Waals surface area contributed by atoms with Gasteiger partial charge < -0.3 is 11.1 Å². The second-order valence-electron chi connectivity index (χ2n) is 4.89. The Bertz CT molecular complexity index is 618. The van der Waals surface area contributed by atoms with Crippen LogP contribution in [0.4, 0.5) is 19.0 Å². The number of nitrogens with two attached hydrogens (primary N) is 1. The van der Waals surface area contributed by atoms with Crippen molar-refractivity contribution in [2.75, 3.05) is 11.9 Å². The summed E-state index contributed by atoms with van der Waals surface area (Å²) in [6.45, 7) is 0.479. The summed E-state index contributed by atoms with van der Waals surface area (Å²) in [4.78, 5) is 0. The van der Waals surface area contributed by atoms with Gasteiger partial charge in [0.2, 0.25) is 0 Å². The molecule has 2 aromatic heterocycles. The lowest BCUT2D eigenvalue weighted by Crippen LogP contribution is -2.31. The second kappa shape index (κ2) is 4.58. The third kappa shape index (κ3) is 2.53. The highest BCUT2D eigenvalue weighted by Crippen LogP contribution is 2.31. The lowest BCUT2D eigenvalue weighted by Gasteiger charge is -2.12. The maximum Gasteiger partial charge on any atom is 0.453 e. The minimum absolute atomic E-state index is 0.00417. The van der Waals surface area contributed by atoms with E-state index >= 15 is 0 Å². The van der Waals surface area contributed by atoms with Crippen molar-refractivity contribution in [1.82, 2.24) is 19.8 Å². The number of halogens is 3. The van der Waals surface area contributed by atoms with E-state index in [0.717, 1.165) is 12.8 Å². The molecule has 1 atom stereocenters. The largest absolute Gasteiger partial charge is 0.453 e. The van der Waals surface area contributed by atoms with Gasteiger partial charge in [-0.2, -0.15) is 17.7 Å². The zero-order valence-electron chi connectivity index (χ0n) is 10.4. The summed E-state index contributed by atoms with van der Waals surface area (Å²) < 4.78 is 38.8. The number of nitrogens with zero attached hydrogens (tertiary/aromatic N) is 4. The Balaban J connectivity index is 1.81. The van der Waals surface area contributed by atoms with Gasteiger partial charge in [0.05, 0.1) is 0 Å². The van der Waals surface area contributed by atoms with Gasteiger partial charge in [0.15, 0.2) is 5.65 Å². The Morgan fingerprint density at radius 1 is 1.35 bits per heavy atom. The predicted molar refractivity (Wildman–Crippen MR) is 65.0 cm³/mol. The van der Waals surface area contributed by atoms with Gasteiger partial charge in [0, 0.05) is 12.6 Å². The van der Waals surface area contributed by atoms with Crippen LogP contribution in [0.1, 0.15) is 18.7 Å². The van der Waals surface area contributed by atoms with E-state index in [4.69, 9.17) is 5.73 Å². The van der Waals surface area contributed by atoms with Crippen LogP contribution < -0.4 is 11.1 Å². The van der Waals surface area contributed by atoms with Crippen molar-refractivity contribution in [3.05, 3.63) is 18.0 Å². The topological polar surface area (TPSA) is 81.1 Å². The van der Waals surface area contributed by atoms with Crippen molar-refractivity contribution in [2.45, 2.75) is 25.1 Å². The summed E-state index contributed by atoms with van der Waals surface area (Å²) in [5, 5.41) is 13.4. The van der Waals surface area contributed by atoms with Gasteiger partial charge in [-0.05, 0) is 30.9 Å². The molecule has 3 rings (SSSR count). The molecule has 1 aliphatic carbocycles. The Morgan fingerprint density at radius 2 is 2.10 bits per heavy atom. The highest BCUT2D eigenvalue weighted by Gasteiger charge is 2.37. The number of hydrogen-bond acceptors (Lipinski definition) is 5. The number of hydrogen-bond donors (Lipinski definition) is 2. The molecule has 0 spiro atoms. The third-order valence-corrected chi connectivity index (χ3v) is 3.26. The molecule has 0 saturated heterocycles. The summed E-state index contributed by atoms with van der Waals surface area (Å²) in [5.74, 6) is -0.312. The maximum atomic E-state index is 12.7. The Labute approximate surface area is 112 Å². The number of nitrogens with one attached hydrogen (secondary N) is 1. The molecule has 1 fully saturated rings. The van der Waals surface area contributed by atoms with Crippen LogP contribution in [0.25, 0.3) is 5.65 Å². The summed E-state index contributed by atoms with van der Waals surface area (Å²) in [6, 6.07) is 2.99. The molecule has 108 valence electrons. The van der Waals surface area contributed by atoms with Crippen molar-refractivity contribution in [2.24, 2.45) is 11.7 Å². The quantitative estimate of drug-likeness (QED) is 0.885. The normalized spacial score (nSPS) is 17.4. The smallest absolute Gasteiger partial charge is 0.367 e. The monoisotopic (exact) mass is 286 g/mol. The maximum absolute atomic E-state index is 12.7. The number of aromatic nitrogens is 4. The first kappa shape index (κ1) is 13.1. The predicted octanol–water partition coefficient (Wildman–Crippen LogP) is 1.29. The van der Waals surface area contributed by atoms with Crippen molar-refractivity contribution in [3.63, 3.8) is 0 Å². The van der Waals surface area contributed by atoms with E-state index < -0.39 is 12.0 Å². The molecule has 0 aromatic carbocycles. The first-order chi connectivity index (χ1) is 9.45. The van der Waals surface area contributed by atoms with Crippen molar-refractivity contribution >= 4 is 11.5 Å². The third-order valence-electron chi connectivity index (χ3n) is 3.26. The molecule has 0 amide bonds. The standard InChI is InChI=1S/C11H13F3N6/c12-11(13,14)10-18-17-9-4-3-8(19-20(9)10)16-5-7(15)6-1-2-6/h3-4,6-7H,1-2,5,15H2,(H,16,19). The zero-order chi connectivity index (χ0) is 14.3. The van der Waals surface area contributed by atoms with Crippen molar-refractivity contribution in [3.8, 4) is 0 Å². The SMILES string of the molecule is NC(CNc1ccc2nnc(C(F)(F)F)n2n1)C1CC1. The van der Waals surface area contributed by atoms with Crippen LogP contribution in [0.2, 0.25) is 0 Å². The fraction of sp³-hybridized carbons (Fsp3) is 0.545. The molecular formula is C11H13F3N6. The Kier molecular flexibility index (Phi) is 3.00. The number of fused-ring (bicyclic) bond motifs is 1. The van der Waals surface area contributed by atoms with Gasteiger partial charge >= 0.3 is 6.18 Å². The van der Waals surface area contributed by atoms with Gasteiger partial charge in [-0.15, -0.1) is 15.3 Å². The summed E-state index contributed by atoms with van der Waals surface area (Å²) in [6.07, 6.45) is -2.37. The van der Waals surface area contributed by atoms with E-state index in [9.17, 15) is 13.2 Å². The van der Waals surface area contributed by atoms with E-state index in [1.165, 1.54) is 6.07 Å². The molecule has 20 heavy (non-hydrogen) atoms. The van der Waals surface area contributed by atoms with E-state index in [1.54, 1.807) is 6.07 Å². The number of alkyl halides is 3.